The molecule has 0 aliphatic carbocycles. The van der Waals surface area contributed by atoms with Crippen LogP contribution in [-0.2, 0) is 20.6 Å². The van der Waals surface area contributed by atoms with Crippen LogP contribution in [0.1, 0.15) is 25.3 Å². The maximum absolute atomic E-state index is 12.8. The molecule has 116 valence electrons. The van der Waals surface area contributed by atoms with Crippen molar-refractivity contribution in [3.8, 4) is 0 Å². The highest BCUT2D eigenvalue weighted by molar-refractivity contribution is 7.88. The number of benzene rings is 1. The van der Waals surface area contributed by atoms with Gasteiger partial charge in [0, 0.05) is 13.1 Å². The fourth-order valence-electron chi connectivity index (χ4n) is 2.35. The summed E-state index contributed by atoms with van der Waals surface area (Å²) in [5.74, 6) is -1.50. The first kappa shape index (κ1) is 15.9. The van der Waals surface area contributed by atoms with E-state index in [1.54, 1.807) is 6.92 Å². The molecule has 21 heavy (non-hydrogen) atoms. The molecule has 0 aromatic heterocycles. The highest BCUT2D eigenvalue weighted by Crippen LogP contribution is 2.32. The number of sulfonamides is 1. The summed E-state index contributed by atoms with van der Waals surface area (Å²) in [4.78, 5) is 11.2. The average Bonchev–Trinajstić information content (AvgIpc) is 2.41. The second-order valence-electron chi connectivity index (χ2n) is 5.65. The van der Waals surface area contributed by atoms with Gasteiger partial charge in [0.15, 0.2) is 0 Å². The number of rotatable bonds is 4. The van der Waals surface area contributed by atoms with Crippen LogP contribution in [0, 0.1) is 11.2 Å². The van der Waals surface area contributed by atoms with Crippen LogP contribution in [0.25, 0.3) is 0 Å². The third-order valence-corrected chi connectivity index (χ3v) is 5.85. The van der Waals surface area contributed by atoms with Crippen LogP contribution < -0.4 is 0 Å². The Labute approximate surface area is 123 Å². The largest absolute Gasteiger partial charge is 0.481 e. The van der Waals surface area contributed by atoms with Crippen molar-refractivity contribution in [2.75, 3.05) is 13.1 Å². The van der Waals surface area contributed by atoms with E-state index in [1.165, 1.54) is 28.6 Å². The zero-order valence-corrected chi connectivity index (χ0v) is 12.6. The lowest BCUT2D eigenvalue weighted by atomic mass is 9.81. The van der Waals surface area contributed by atoms with E-state index in [-0.39, 0.29) is 18.8 Å². The van der Waals surface area contributed by atoms with Crippen LogP contribution in [0.3, 0.4) is 0 Å². The fraction of sp³-hybridized carbons (Fsp3) is 0.500. The molecule has 0 radical (unpaired) electrons. The van der Waals surface area contributed by atoms with Gasteiger partial charge in [0.25, 0.3) is 0 Å². The molecule has 0 bridgehead atoms. The van der Waals surface area contributed by atoms with Gasteiger partial charge in [0.05, 0.1) is 11.2 Å². The van der Waals surface area contributed by atoms with Gasteiger partial charge in [-0.05, 0) is 37.5 Å². The predicted octanol–water partition coefficient (Wildman–Crippen LogP) is 1.84. The van der Waals surface area contributed by atoms with Crippen LogP contribution in [0.2, 0.25) is 0 Å². The first-order valence-electron chi connectivity index (χ1n) is 6.69. The molecule has 0 spiro atoms. The van der Waals surface area contributed by atoms with Crippen molar-refractivity contribution in [2.24, 2.45) is 5.41 Å². The third-order valence-electron chi connectivity index (χ3n) is 4.00. The van der Waals surface area contributed by atoms with Crippen molar-refractivity contribution in [3.05, 3.63) is 35.6 Å². The number of halogens is 1. The molecular formula is C14H18FNO4S. The molecule has 0 saturated carbocycles. The van der Waals surface area contributed by atoms with Crippen LogP contribution in [0.4, 0.5) is 4.39 Å². The summed E-state index contributed by atoms with van der Waals surface area (Å²) in [6, 6.07) is 5.33. The molecule has 1 aromatic rings. The summed E-state index contributed by atoms with van der Waals surface area (Å²) in [6.07, 6.45) is 0.593. The lowest BCUT2D eigenvalue weighted by Crippen LogP contribution is -2.45. The Morgan fingerprint density at radius 3 is 2.29 bits per heavy atom. The summed E-state index contributed by atoms with van der Waals surface area (Å²) in [6.45, 7) is 2.04. The summed E-state index contributed by atoms with van der Waals surface area (Å²) in [5, 5.41) is 9.14. The second-order valence-corrected chi connectivity index (χ2v) is 7.62. The summed E-state index contributed by atoms with van der Waals surface area (Å²) < 4.78 is 38.8. The van der Waals surface area contributed by atoms with Gasteiger partial charge in [-0.15, -0.1) is 0 Å². The number of hydrogen-bond donors (Lipinski definition) is 1. The molecule has 0 atom stereocenters. The third kappa shape index (κ3) is 3.59. The van der Waals surface area contributed by atoms with Gasteiger partial charge in [-0.1, -0.05) is 12.1 Å². The van der Waals surface area contributed by atoms with Crippen LogP contribution in [0.5, 0.6) is 0 Å². The number of piperidine rings is 1. The maximum Gasteiger partial charge on any atom is 0.309 e. The Bertz CT molecular complexity index is 619. The monoisotopic (exact) mass is 315 g/mol. The van der Waals surface area contributed by atoms with E-state index in [0.717, 1.165) is 0 Å². The van der Waals surface area contributed by atoms with Crippen molar-refractivity contribution in [3.63, 3.8) is 0 Å². The SMILES string of the molecule is CC1(C(=O)O)CCN(S(=O)(=O)Cc2ccc(F)cc2)CC1. The predicted molar refractivity (Wildman–Crippen MR) is 75.6 cm³/mol. The average molecular weight is 315 g/mol. The molecule has 1 heterocycles. The smallest absolute Gasteiger partial charge is 0.309 e. The van der Waals surface area contributed by atoms with Crippen molar-refractivity contribution in [1.82, 2.24) is 4.31 Å². The highest BCUT2D eigenvalue weighted by Gasteiger charge is 2.39. The van der Waals surface area contributed by atoms with E-state index >= 15 is 0 Å². The van der Waals surface area contributed by atoms with Gasteiger partial charge in [-0.2, -0.15) is 0 Å². The zero-order valence-electron chi connectivity index (χ0n) is 11.8. The maximum atomic E-state index is 12.8. The van der Waals surface area contributed by atoms with Crippen LogP contribution in [0.15, 0.2) is 24.3 Å². The van der Waals surface area contributed by atoms with Crippen LogP contribution >= 0.6 is 0 Å². The summed E-state index contributed by atoms with van der Waals surface area (Å²) in [7, 11) is -3.51. The lowest BCUT2D eigenvalue weighted by molar-refractivity contribution is -0.150. The topological polar surface area (TPSA) is 74.7 Å². The van der Waals surface area contributed by atoms with Gasteiger partial charge in [0.2, 0.25) is 10.0 Å². The first-order chi connectivity index (χ1) is 9.73. The van der Waals surface area contributed by atoms with Crippen LogP contribution in [-0.4, -0.2) is 36.9 Å². The number of nitrogens with zero attached hydrogens (tertiary/aromatic N) is 1. The quantitative estimate of drug-likeness (QED) is 0.920. The van der Waals surface area contributed by atoms with Gasteiger partial charge < -0.3 is 5.11 Å². The van der Waals surface area contributed by atoms with Gasteiger partial charge in [-0.3, -0.25) is 4.79 Å². The van der Waals surface area contributed by atoms with E-state index in [9.17, 15) is 17.6 Å². The Kier molecular flexibility index (Phi) is 4.34. The number of carboxylic acid groups (broad SMARTS) is 1. The van der Waals surface area contributed by atoms with E-state index < -0.39 is 27.2 Å². The number of aliphatic carboxylic acids is 1. The number of hydrogen-bond acceptors (Lipinski definition) is 3. The highest BCUT2D eigenvalue weighted by atomic mass is 32.2. The molecule has 5 nitrogen and oxygen atoms in total. The molecule has 1 N–H and O–H groups in total. The summed E-state index contributed by atoms with van der Waals surface area (Å²) in [5.41, 5.74) is -0.343. The zero-order chi connectivity index (χ0) is 15.7. The molecule has 0 amide bonds. The Morgan fingerprint density at radius 1 is 1.29 bits per heavy atom. The fourth-order valence-corrected chi connectivity index (χ4v) is 3.89. The normalized spacial score (nSPS) is 19.3. The first-order valence-corrected chi connectivity index (χ1v) is 8.29. The van der Waals surface area contributed by atoms with Gasteiger partial charge in [-0.25, -0.2) is 17.1 Å². The Morgan fingerprint density at radius 2 is 1.81 bits per heavy atom. The minimum Gasteiger partial charge on any atom is -0.481 e. The minimum atomic E-state index is -3.51. The van der Waals surface area contributed by atoms with Gasteiger partial charge >= 0.3 is 5.97 Å². The van der Waals surface area contributed by atoms with E-state index in [1.807, 2.05) is 0 Å². The van der Waals surface area contributed by atoms with Crippen molar-refractivity contribution in [1.29, 1.82) is 0 Å². The summed E-state index contributed by atoms with van der Waals surface area (Å²) >= 11 is 0. The Hall–Kier alpha value is -1.47. The van der Waals surface area contributed by atoms with E-state index in [0.29, 0.717) is 18.4 Å². The molecule has 1 aliphatic heterocycles. The number of carbonyl (C=O) groups is 1. The van der Waals surface area contributed by atoms with Crippen molar-refractivity contribution < 1.29 is 22.7 Å². The molecule has 0 unspecified atom stereocenters. The van der Waals surface area contributed by atoms with E-state index in [4.69, 9.17) is 5.11 Å². The molecule has 1 aliphatic rings. The molecule has 1 saturated heterocycles. The molecular weight excluding hydrogens is 297 g/mol. The van der Waals surface area contributed by atoms with Crippen molar-refractivity contribution in [2.45, 2.75) is 25.5 Å². The molecule has 2 rings (SSSR count). The molecule has 1 fully saturated rings. The van der Waals surface area contributed by atoms with Gasteiger partial charge in [0.1, 0.15) is 5.82 Å². The number of carboxylic acids is 1. The van der Waals surface area contributed by atoms with E-state index in [2.05, 4.69) is 0 Å². The minimum absolute atomic E-state index is 0.197. The lowest BCUT2D eigenvalue weighted by Gasteiger charge is -2.35. The molecule has 1 aromatic carbocycles. The Balaban J connectivity index is 2.05. The van der Waals surface area contributed by atoms with Crippen molar-refractivity contribution >= 4 is 16.0 Å². The second kappa shape index (κ2) is 5.73. The molecule has 7 heteroatoms. The standard InChI is InChI=1S/C14H18FNO4S/c1-14(13(17)18)6-8-16(9-7-14)21(19,20)10-11-2-4-12(15)5-3-11/h2-5H,6-10H2,1H3,(H,17,18).